The Morgan fingerprint density at radius 1 is 1.32 bits per heavy atom. The average Bonchev–Trinajstić information content (AvgIpc) is 2.88. The molecule has 2 aromatic heterocycles. The average molecular weight is 311 g/mol. The predicted molar refractivity (Wildman–Crippen MR) is 89.5 cm³/mol. The molecule has 0 saturated heterocycles. The number of pyridine rings is 1. The van der Waals surface area contributed by atoms with Crippen LogP contribution in [0.2, 0.25) is 0 Å². The van der Waals surface area contributed by atoms with Crippen molar-refractivity contribution >= 4 is 44.6 Å². The molecular formula is C15H13N5OS. The van der Waals surface area contributed by atoms with Gasteiger partial charge in [-0.15, -0.1) is 0 Å². The first-order chi connectivity index (χ1) is 10.6. The number of hydrogen-bond donors (Lipinski definition) is 3. The second-order valence-corrected chi connectivity index (χ2v) is 5.69. The number of nitrogens with two attached hydrogens (primary N) is 1. The number of amides is 1. The van der Waals surface area contributed by atoms with Gasteiger partial charge in [0.1, 0.15) is 10.3 Å². The van der Waals surface area contributed by atoms with Gasteiger partial charge in [0, 0.05) is 30.0 Å². The van der Waals surface area contributed by atoms with Gasteiger partial charge in [0.05, 0.1) is 5.69 Å². The van der Waals surface area contributed by atoms with Crippen LogP contribution in [0.15, 0.2) is 30.3 Å². The van der Waals surface area contributed by atoms with Gasteiger partial charge in [-0.25, -0.2) is 9.97 Å². The van der Waals surface area contributed by atoms with Gasteiger partial charge in [-0.1, -0.05) is 17.4 Å². The van der Waals surface area contributed by atoms with Crippen molar-refractivity contribution in [3.63, 3.8) is 0 Å². The van der Waals surface area contributed by atoms with E-state index in [4.69, 9.17) is 11.1 Å². The molecule has 110 valence electrons. The molecule has 0 fully saturated rings. The third-order valence-corrected chi connectivity index (χ3v) is 3.96. The number of benzene rings is 1. The number of rotatable bonds is 3. The van der Waals surface area contributed by atoms with Crippen molar-refractivity contribution in [1.82, 2.24) is 9.97 Å². The van der Waals surface area contributed by atoms with Crippen molar-refractivity contribution in [3.8, 4) is 11.3 Å². The number of aromatic nitrogens is 2. The molecule has 0 aliphatic rings. The van der Waals surface area contributed by atoms with Gasteiger partial charge in [-0.2, -0.15) is 0 Å². The SMILES string of the molecule is CC(=O)Nc1nc2ccc(-c3ccc(N)c(C=N)c3)nc2s1. The molecule has 0 aliphatic carbocycles. The van der Waals surface area contributed by atoms with Crippen LogP contribution in [0.1, 0.15) is 12.5 Å². The Kier molecular flexibility index (Phi) is 3.56. The summed E-state index contributed by atoms with van der Waals surface area (Å²) < 4.78 is 0. The molecule has 6 nitrogen and oxygen atoms in total. The van der Waals surface area contributed by atoms with Crippen LogP contribution in [0.25, 0.3) is 21.6 Å². The minimum Gasteiger partial charge on any atom is -0.398 e. The lowest BCUT2D eigenvalue weighted by atomic mass is 10.1. The van der Waals surface area contributed by atoms with E-state index in [9.17, 15) is 4.79 Å². The highest BCUT2D eigenvalue weighted by molar-refractivity contribution is 7.21. The number of nitrogens with one attached hydrogen (secondary N) is 2. The number of anilines is 2. The maximum Gasteiger partial charge on any atom is 0.223 e. The van der Waals surface area contributed by atoms with Crippen molar-refractivity contribution in [2.24, 2.45) is 0 Å². The first kappa shape index (κ1) is 14.2. The number of carbonyl (C=O) groups is 1. The maximum atomic E-state index is 11.1. The van der Waals surface area contributed by atoms with Crippen molar-refractivity contribution in [3.05, 3.63) is 35.9 Å². The molecule has 0 atom stereocenters. The van der Waals surface area contributed by atoms with E-state index in [1.165, 1.54) is 24.5 Å². The molecule has 0 spiro atoms. The number of carbonyl (C=O) groups excluding carboxylic acids is 1. The van der Waals surface area contributed by atoms with Crippen LogP contribution < -0.4 is 11.1 Å². The molecule has 0 unspecified atom stereocenters. The Hall–Kier alpha value is -2.80. The number of hydrogen-bond acceptors (Lipinski definition) is 6. The van der Waals surface area contributed by atoms with E-state index < -0.39 is 0 Å². The van der Waals surface area contributed by atoms with Gasteiger partial charge in [0.15, 0.2) is 5.13 Å². The molecule has 1 amide bonds. The van der Waals surface area contributed by atoms with Gasteiger partial charge in [-0.3, -0.25) is 4.79 Å². The minimum atomic E-state index is -0.159. The number of nitrogen functional groups attached to an aromatic ring is 1. The van der Waals surface area contributed by atoms with E-state index in [1.54, 1.807) is 6.07 Å². The molecule has 3 aromatic rings. The smallest absolute Gasteiger partial charge is 0.223 e. The first-order valence-electron chi connectivity index (χ1n) is 6.52. The molecule has 4 N–H and O–H groups in total. The highest BCUT2D eigenvalue weighted by Gasteiger charge is 2.09. The Morgan fingerprint density at radius 3 is 2.86 bits per heavy atom. The van der Waals surface area contributed by atoms with Gasteiger partial charge in [0.2, 0.25) is 5.91 Å². The van der Waals surface area contributed by atoms with Gasteiger partial charge in [-0.05, 0) is 24.3 Å². The summed E-state index contributed by atoms with van der Waals surface area (Å²) in [5.74, 6) is -0.159. The monoisotopic (exact) mass is 311 g/mol. The van der Waals surface area contributed by atoms with E-state index in [2.05, 4.69) is 15.3 Å². The van der Waals surface area contributed by atoms with Crippen LogP contribution in [-0.2, 0) is 4.79 Å². The lowest BCUT2D eigenvalue weighted by molar-refractivity contribution is -0.114. The molecule has 1 aromatic carbocycles. The fourth-order valence-electron chi connectivity index (χ4n) is 2.04. The Labute approximate surface area is 130 Å². The summed E-state index contributed by atoms with van der Waals surface area (Å²) in [4.78, 5) is 20.7. The normalized spacial score (nSPS) is 10.6. The summed E-state index contributed by atoms with van der Waals surface area (Å²) in [6, 6.07) is 9.17. The van der Waals surface area contributed by atoms with Crippen molar-refractivity contribution < 1.29 is 4.79 Å². The van der Waals surface area contributed by atoms with E-state index in [1.807, 2.05) is 24.3 Å². The van der Waals surface area contributed by atoms with E-state index in [0.29, 0.717) is 16.4 Å². The van der Waals surface area contributed by atoms with Crippen LogP contribution >= 0.6 is 11.3 Å². The van der Waals surface area contributed by atoms with Gasteiger partial charge >= 0.3 is 0 Å². The molecule has 0 aliphatic heterocycles. The molecule has 22 heavy (non-hydrogen) atoms. The summed E-state index contributed by atoms with van der Waals surface area (Å²) in [6.07, 6.45) is 1.22. The lowest BCUT2D eigenvalue weighted by Gasteiger charge is -2.04. The molecule has 7 heteroatoms. The van der Waals surface area contributed by atoms with Crippen LogP contribution in [0.4, 0.5) is 10.8 Å². The molecule has 3 rings (SSSR count). The second-order valence-electron chi connectivity index (χ2n) is 4.71. The zero-order chi connectivity index (χ0) is 15.7. The van der Waals surface area contributed by atoms with Crippen LogP contribution in [0, 0.1) is 5.41 Å². The van der Waals surface area contributed by atoms with Crippen molar-refractivity contribution in [1.29, 1.82) is 5.41 Å². The van der Waals surface area contributed by atoms with Crippen LogP contribution in [0.3, 0.4) is 0 Å². The third-order valence-electron chi connectivity index (χ3n) is 3.08. The van der Waals surface area contributed by atoms with Crippen LogP contribution in [-0.4, -0.2) is 22.1 Å². The lowest BCUT2D eigenvalue weighted by Crippen LogP contribution is -2.04. The van der Waals surface area contributed by atoms with E-state index in [0.717, 1.165) is 21.6 Å². The highest BCUT2D eigenvalue weighted by Crippen LogP contribution is 2.28. The quantitative estimate of drug-likeness (QED) is 0.511. The largest absolute Gasteiger partial charge is 0.398 e. The number of thiazole rings is 1. The first-order valence-corrected chi connectivity index (χ1v) is 7.34. The summed E-state index contributed by atoms with van der Waals surface area (Å²) in [5, 5.41) is 10.6. The summed E-state index contributed by atoms with van der Waals surface area (Å²) in [6.45, 7) is 1.44. The summed E-state index contributed by atoms with van der Waals surface area (Å²) >= 11 is 1.32. The number of fused-ring (bicyclic) bond motifs is 1. The highest BCUT2D eigenvalue weighted by atomic mass is 32.1. The molecule has 0 radical (unpaired) electrons. The summed E-state index contributed by atoms with van der Waals surface area (Å²) in [5.41, 5.74) is 9.40. The van der Waals surface area contributed by atoms with E-state index in [-0.39, 0.29) is 5.91 Å². The van der Waals surface area contributed by atoms with E-state index >= 15 is 0 Å². The third kappa shape index (κ3) is 2.66. The fraction of sp³-hybridized carbons (Fsp3) is 0.0667. The van der Waals surface area contributed by atoms with Crippen LogP contribution in [0.5, 0.6) is 0 Å². The Morgan fingerprint density at radius 2 is 2.14 bits per heavy atom. The van der Waals surface area contributed by atoms with Gasteiger partial charge in [0.25, 0.3) is 0 Å². The zero-order valence-electron chi connectivity index (χ0n) is 11.8. The fourth-order valence-corrected chi connectivity index (χ4v) is 2.93. The summed E-state index contributed by atoms with van der Waals surface area (Å²) in [7, 11) is 0. The topological polar surface area (TPSA) is 105 Å². The maximum absolute atomic E-state index is 11.1. The minimum absolute atomic E-state index is 0.159. The zero-order valence-corrected chi connectivity index (χ0v) is 12.6. The van der Waals surface area contributed by atoms with Gasteiger partial charge < -0.3 is 16.5 Å². The number of nitrogens with zero attached hydrogens (tertiary/aromatic N) is 2. The molecular weight excluding hydrogens is 298 g/mol. The molecule has 0 saturated carbocycles. The standard InChI is InChI=1S/C15H13N5OS/c1-8(21)18-15-20-13-5-4-12(19-14(13)22-15)9-2-3-11(17)10(6-9)7-16/h2-7,16H,17H2,1H3,(H,18,20,21). The predicted octanol–water partition coefficient (Wildman–Crippen LogP) is 2.90. The Balaban J connectivity index is 2.04. The second kappa shape index (κ2) is 5.53. The van der Waals surface area contributed by atoms with Crippen molar-refractivity contribution in [2.45, 2.75) is 6.92 Å². The molecule has 2 heterocycles. The molecule has 0 bridgehead atoms. The van der Waals surface area contributed by atoms with Crippen molar-refractivity contribution in [2.75, 3.05) is 11.1 Å². The Bertz CT molecular complexity index is 887.